The quantitative estimate of drug-likeness (QED) is 0.906. The molecule has 2 heterocycles. The fourth-order valence-electron chi connectivity index (χ4n) is 2.54. The van der Waals surface area contributed by atoms with E-state index in [1.807, 2.05) is 32.0 Å². The number of nitrogens with one attached hydrogen (secondary N) is 2. The number of aryl methyl sites for hydroxylation is 1. The van der Waals surface area contributed by atoms with Gasteiger partial charge in [-0.15, -0.1) is 0 Å². The van der Waals surface area contributed by atoms with E-state index >= 15 is 0 Å². The van der Waals surface area contributed by atoms with Crippen molar-refractivity contribution < 1.29 is 9.21 Å². The van der Waals surface area contributed by atoms with Crippen molar-refractivity contribution in [2.45, 2.75) is 32.9 Å². The van der Waals surface area contributed by atoms with Gasteiger partial charge in [0, 0.05) is 12.1 Å². The van der Waals surface area contributed by atoms with Gasteiger partial charge in [0.05, 0.1) is 6.20 Å². The van der Waals surface area contributed by atoms with Gasteiger partial charge in [0.2, 0.25) is 5.89 Å². The van der Waals surface area contributed by atoms with Crippen molar-refractivity contribution in [3.8, 4) is 0 Å². The van der Waals surface area contributed by atoms with Crippen LogP contribution in [0.5, 0.6) is 0 Å². The molecule has 1 aliphatic heterocycles. The van der Waals surface area contributed by atoms with Crippen molar-refractivity contribution in [2.24, 2.45) is 0 Å². The minimum Gasteiger partial charge on any atom is -0.444 e. The number of amides is 1. The molecule has 2 N–H and O–H groups in total. The first kappa shape index (κ1) is 13.8. The highest BCUT2D eigenvalue weighted by Crippen LogP contribution is 2.17. The lowest BCUT2D eigenvalue weighted by Crippen LogP contribution is -2.28. The lowest BCUT2D eigenvalue weighted by molar-refractivity contribution is 0.0933. The zero-order chi connectivity index (χ0) is 14.8. The summed E-state index contributed by atoms with van der Waals surface area (Å²) >= 11 is 0. The second-order valence-corrected chi connectivity index (χ2v) is 5.41. The van der Waals surface area contributed by atoms with Crippen LogP contribution in [-0.2, 0) is 13.0 Å². The maximum Gasteiger partial charge on any atom is 0.251 e. The molecule has 0 saturated carbocycles. The molecule has 5 heteroatoms. The average Bonchev–Trinajstić information content (AvgIpc) is 2.93. The van der Waals surface area contributed by atoms with E-state index in [2.05, 4.69) is 15.6 Å². The van der Waals surface area contributed by atoms with Crippen LogP contribution in [0.4, 0.5) is 0 Å². The van der Waals surface area contributed by atoms with Gasteiger partial charge in [-0.1, -0.05) is 6.07 Å². The van der Waals surface area contributed by atoms with Gasteiger partial charge in [0.1, 0.15) is 11.8 Å². The van der Waals surface area contributed by atoms with Gasteiger partial charge in [0.15, 0.2) is 0 Å². The van der Waals surface area contributed by atoms with Gasteiger partial charge in [0.25, 0.3) is 5.91 Å². The van der Waals surface area contributed by atoms with E-state index in [0.29, 0.717) is 11.5 Å². The summed E-state index contributed by atoms with van der Waals surface area (Å²) in [7, 11) is 0. The van der Waals surface area contributed by atoms with Gasteiger partial charge in [-0.2, -0.15) is 0 Å². The van der Waals surface area contributed by atoms with Gasteiger partial charge in [-0.05, 0) is 50.1 Å². The third-order valence-corrected chi connectivity index (χ3v) is 3.71. The van der Waals surface area contributed by atoms with Crippen molar-refractivity contribution >= 4 is 5.91 Å². The van der Waals surface area contributed by atoms with Crippen LogP contribution in [0, 0.1) is 6.92 Å². The normalized spacial score (nSPS) is 15.3. The molecule has 3 rings (SSSR count). The first-order valence-corrected chi connectivity index (χ1v) is 7.19. The van der Waals surface area contributed by atoms with Crippen LogP contribution in [0.2, 0.25) is 0 Å². The first-order chi connectivity index (χ1) is 10.1. The van der Waals surface area contributed by atoms with Crippen molar-refractivity contribution in [1.29, 1.82) is 0 Å². The standard InChI is InChI=1S/C16H19N3O2/c1-10-8-18-16(21-10)11(2)19-15(20)13-4-3-12-5-6-17-9-14(12)7-13/h3-4,7-8,11,17H,5-6,9H2,1-2H3,(H,19,20). The number of hydrogen-bond acceptors (Lipinski definition) is 4. The number of aromatic nitrogens is 1. The number of carbonyl (C=O) groups excluding carboxylic acids is 1. The van der Waals surface area contributed by atoms with E-state index in [1.54, 1.807) is 6.20 Å². The Morgan fingerprint density at radius 2 is 2.29 bits per heavy atom. The lowest BCUT2D eigenvalue weighted by Gasteiger charge is -2.18. The van der Waals surface area contributed by atoms with Crippen LogP contribution >= 0.6 is 0 Å². The van der Waals surface area contributed by atoms with Crippen LogP contribution in [-0.4, -0.2) is 17.4 Å². The second-order valence-electron chi connectivity index (χ2n) is 5.41. The van der Waals surface area contributed by atoms with E-state index in [4.69, 9.17) is 4.42 Å². The molecule has 1 aromatic carbocycles. The predicted octanol–water partition coefficient (Wildman–Crippen LogP) is 2.12. The molecule has 0 bridgehead atoms. The molecule has 1 aliphatic rings. The summed E-state index contributed by atoms with van der Waals surface area (Å²) in [6.07, 6.45) is 2.67. The third kappa shape index (κ3) is 2.97. The highest BCUT2D eigenvalue weighted by atomic mass is 16.4. The van der Waals surface area contributed by atoms with Gasteiger partial charge >= 0.3 is 0 Å². The predicted molar refractivity (Wildman–Crippen MR) is 79.0 cm³/mol. The number of carbonyl (C=O) groups is 1. The molecular weight excluding hydrogens is 266 g/mol. The molecule has 110 valence electrons. The Balaban J connectivity index is 1.73. The molecule has 0 spiro atoms. The third-order valence-electron chi connectivity index (χ3n) is 3.71. The molecule has 21 heavy (non-hydrogen) atoms. The van der Waals surface area contributed by atoms with Crippen LogP contribution in [0.25, 0.3) is 0 Å². The number of oxazole rings is 1. The monoisotopic (exact) mass is 285 g/mol. The summed E-state index contributed by atoms with van der Waals surface area (Å²) in [5.41, 5.74) is 3.20. The Hall–Kier alpha value is -2.14. The Morgan fingerprint density at radius 3 is 3.05 bits per heavy atom. The molecule has 1 amide bonds. The molecule has 5 nitrogen and oxygen atoms in total. The number of rotatable bonds is 3. The zero-order valence-corrected chi connectivity index (χ0v) is 12.3. The molecule has 1 aromatic heterocycles. The largest absolute Gasteiger partial charge is 0.444 e. The minimum absolute atomic E-state index is 0.105. The van der Waals surface area contributed by atoms with E-state index in [9.17, 15) is 4.79 Å². The summed E-state index contributed by atoms with van der Waals surface area (Å²) in [6, 6.07) is 5.64. The van der Waals surface area contributed by atoms with Crippen LogP contribution in [0.3, 0.4) is 0 Å². The molecule has 0 fully saturated rings. The maximum absolute atomic E-state index is 12.3. The lowest BCUT2D eigenvalue weighted by atomic mass is 9.98. The van der Waals surface area contributed by atoms with E-state index in [-0.39, 0.29) is 11.9 Å². The highest BCUT2D eigenvalue weighted by Gasteiger charge is 2.17. The second kappa shape index (κ2) is 5.69. The highest BCUT2D eigenvalue weighted by molar-refractivity contribution is 5.94. The zero-order valence-electron chi connectivity index (χ0n) is 12.3. The Labute approximate surface area is 123 Å². The Kier molecular flexibility index (Phi) is 3.75. The Bertz CT molecular complexity index is 663. The van der Waals surface area contributed by atoms with Gasteiger partial charge < -0.3 is 15.1 Å². The van der Waals surface area contributed by atoms with Crippen LogP contribution < -0.4 is 10.6 Å². The van der Waals surface area contributed by atoms with E-state index in [0.717, 1.165) is 25.3 Å². The molecule has 0 saturated heterocycles. The summed E-state index contributed by atoms with van der Waals surface area (Å²) in [6.45, 7) is 5.52. The number of benzene rings is 1. The summed E-state index contributed by atoms with van der Waals surface area (Å²) < 4.78 is 5.44. The molecule has 1 atom stereocenters. The SMILES string of the molecule is Cc1cnc(C(C)NC(=O)c2ccc3c(c2)CNCC3)o1. The summed E-state index contributed by atoms with van der Waals surface area (Å²) in [5, 5.41) is 6.24. The fraction of sp³-hybridized carbons (Fsp3) is 0.375. The molecule has 0 radical (unpaired) electrons. The first-order valence-electron chi connectivity index (χ1n) is 7.19. The summed E-state index contributed by atoms with van der Waals surface area (Å²) in [5.74, 6) is 1.16. The maximum atomic E-state index is 12.3. The van der Waals surface area contributed by atoms with E-state index in [1.165, 1.54) is 11.1 Å². The van der Waals surface area contributed by atoms with Gasteiger partial charge in [-0.3, -0.25) is 4.79 Å². The average molecular weight is 285 g/mol. The van der Waals surface area contributed by atoms with Gasteiger partial charge in [-0.25, -0.2) is 4.98 Å². The number of fused-ring (bicyclic) bond motifs is 1. The smallest absolute Gasteiger partial charge is 0.251 e. The van der Waals surface area contributed by atoms with Crippen LogP contribution in [0.15, 0.2) is 28.8 Å². The van der Waals surface area contributed by atoms with Crippen LogP contribution in [0.1, 0.15) is 46.1 Å². The Morgan fingerprint density at radius 1 is 1.43 bits per heavy atom. The molecule has 0 aliphatic carbocycles. The van der Waals surface area contributed by atoms with Crippen molar-refractivity contribution in [3.63, 3.8) is 0 Å². The summed E-state index contributed by atoms with van der Waals surface area (Å²) in [4.78, 5) is 16.5. The van der Waals surface area contributed by atoms with Crippen molar-refractivity contribution in [2.75, 3.05) is 6.54 Å². The van der Waals surface area contributed by atoms with Crippen molar-refractivity contribution in [1.82, 2.24) is 15.6 Å². The topological polar surface area (TPSA) is 67.2 Å². The fourth-order valence-corrected chi connectivity index (χ4v) is 2.54. The van der Waals surface area contributed by atoms with Crippen molar-refractivity contribution in [3.05, 3.63) is 52.7 Å². The van der Waals surface area contributed by atoms with E-state index < -0.39 is 0 Å². The minimum atomic E-state index is -0.250. The molecule has 2 aromatic rings. The number of hydrogen-bond donors (Lipinski definition) is 2. The molecule has 1 unspecified atom stereocenters. The molecular formula is C16H19N3O2. The number of nitrogens with zero attached hydrogens (tertiary/aromatic N) is 1.